The average Bonchev–Trinajstić information content (AvgIpc) is 3.03. The van der Waals surface area contributed by atoms with Crippen LogP contribution in [0, 0.1) is 28.6 Å². The van der Waals surface area contributed by atoms with Gasteiger partial charge in [-0.1, -0.05) is 13.3 Å². The van der Waals surface area contributed by atoms with Crippen LogP contribution in [0.1, 0.15) is 51.9 Å². The first-order valence-electron chi connectivity index (χ1n) is 7.99. The van der Waals surface area contributed by atoms with E-state index in [0.717, 1.165) is 38.9 Å². The van der Waals surface area contributed by atoms with Crippen LogP contribution >= 0.6 is 0 Å². The molecule has 2 bridgehead atoms. The predicted octanol–water partition coefficient (Wildman–Crippen LogP) is 2.55. The molecule has 0 radical (unpaired) electrons. The Balaban J connectivity index is 1.76. The maximum atomic E-state index is 11.2. The summed E-state index contributed by atoms with van der Waals surface area (Å²) in [4.78, 5) is 2.44. The molecule has 1 N–H and O–H groups in total. The summed E-state index contributed by atoms with van der Waals surface area (Å²) in [5, 5.41) is 21.0. The van der Waals surface area contributed by atoms with Crippen LogP contribution in [0.25, 0.3) is 0 Å². The highest BCUT2D eigenvalue weighted by atomic mass is 16.3. The van der Waals surface area contributed by atoms with Gasteiger partial charge < -0.3 is 10.0 Å². The predicted molar refractivity (Wildman–Crippen MR) is 74.4 cm³/mol. The molecule has 3 rings (SSSR count). The van der Waals surface area contributed by atoms with Gasteiger partial charge in [0.25, 0.3) is 0 Å². The molecule has 3 aliphatic rings. The van der Waals surface area contributed by atoms with Crippen LogP contribution in [0.5, 0.6) is 0 Å². The fraction of sp³-hybridized carbons (Fsp3) is 0.938. The number of fused-ring (bicyclic) bond motifs is 2. The van der Waals surface area contributed by atoms with E-state index in [1.54, 1.807) is 0 Å². The number of likely N-dealkylation sites (tertiary alicyclic amines) is 1. The molecule has 3 unspecified atom stereocenters. The fourth-order valence-corrected chi connectivity index (χ4v) is 5.05. The monoisotopic (exact) mass is 262 g/mol. The van der Waals surface area contributed by atoms with Crippen molar-refractivity contribution in [2.24, 2.45) is 17.3 Å². The standard InChI is InChI=1S/C16H26N2O/c1-2-7-18-8-5-16(19,6-9-18)15(12-17)11-13-3-4-14(15)10-13/h13-14,19H,2-11H2,1H3. The molecule has 2 aliphatic carbocycles. The molecule has 1 saturated heterocycles. The van der Waals surface area contributed by atoms with Gasteiger partial charge in [0.1, 0.15) is 0 Å². The smallest absolute Gasteiger partial charge is 0.0891 e. The summed E-state index contributed by atoms with van der Waals surface area (Å²) in [6, 6.07) is 2.60. The number of hydrogen-bond donors (Lipinski definition) is 1. The molecule has 19 heavy (non-hydrogen) atoms. The van der Waals surface area contributed by atoms with Gasteiger partial charge in [-0.15, -0.1) is 0 Å². The third kappa shape index (κ3) is 1.92. The van der Waals surface area contributed by atoms with Crippen molar-refractivity contribution in [2.75, 3.05) is 19.6 Å². The van der Waals surface area contributed by atoms with E-state index in [1.807, 2.05) is 0 Å². The van der Waals surface area contributed by atoms with Crippen molar-refractivity contribution in [3.63, 3.8) is 0 Å². The van der Waals surface area contributed by atoms with Crippen molar-refractivity contribution in [1.29, 1.82) is 5.26 Å². The number of piperidine rings is 1. The van der Waals surface area contributed by atoms with Crippen LogP contribution in [0.3, 0.4) is 0 Å². The van der Waals surface area contributed by atoms with Gasteiger partial charge in [-0.2, -0.15) is 5.26 Å². The van der Waals surface area contributed by atoms with Crippen LogP contribution in [-0.4, -0.2) is 35.2 Å². The fourth-order valence-electron chi connectivity index (χ4n) is 5.05. The highest BCUT2D eigenvalue weighted by Crippen LogP contribution is 2.62. The van der Waals surface area contributed by atoms with Gasteiger partial charge in [-0.25, -0.2) is 0 Å². The van der Waals surface area contributed by atoms with Crippen LogP contribution in [0.4, 0.5) is 0 Å². The zero-order chi connectivity index (χ0) is 13.5. The number of aliphatic hydroxyl groups is 1. The van der Waals surface area contributed by atoms with Gasteiger partial charge in [0.15, 0.2) is 0 Å². The lowest BCUT2D eigenvalue weighted by molar-refractivity contribution is -0.117. The number of rotatable bonds is 3. The van der Waals surface area contributed by atoms with Crippen LogP contribution in [0.2, 0.25) is 0 Å². The van der Waals surface area contributed by atoms with Crippen molar-refractivity contribution < 1.29 is 5.11 Å². The molecule has 3 heteroatoms. The molecule has 3 nitrogen and oxygen atoms in total. The van der Waals surface area contributed by atoms with E-state index in [4.69, 9.17) is 0 Å². The summed E-state index contributed by atoms with van der Waals surface area (Å²) < 4.78 is 0. The highest BCUT2D eigenvalue weighted by Gasteiger charge is 2.62. The zero-order valence-electron chi connectivity index (χ0n) is 12.1. The maximum absolute atomic E-state index is 11.2. The zero-order valence-corrected chi connectivity index (χ0v) is 12.1. The Hall–Kier alpha value is -0.590. The lowest BCUT2D eigenvalue weighted by Crippen LogP contribution is -2.56. The number of hydrogen-bond acceptors (Lipinski definition) is 3. The van der Waals surface area contributed by atoms with Gasteiger partial charge in [-0.05, 0) is 56.9 Å². The molecule has 3 fully saturated rings. The Morgan fingerprint density at radius 3 is 2.53 bits per heavy atom. The van der Waals surface area contributed by atoms with Crippen LogP contribution in [0.15, 0.2) is 0 Å². The molecule has 2 saturated carbocycles. The Labute approximate surface area is 116 Å². The van der Waals surface area contributed by atoms with E-state index in [2.05, 4.69) is 17.9 Å². The number of nitrogens with zero attached hydrogens (tertiary/aromatic N) is 2. The Kier molecular flexibility index (Phi) is 3.35. The summed E-state index contributed by atoms with van der Waals surface area (Å²) in [6.07, 6.45) is 7.36. The van der Waals surface area contributed by atoms with Crippen molar-refractivity contribution >= 4 is 0 Å². The van der Waals surface area contributed by atoms with Crippen molar-refractivity contribution in [1.82, 2.24) is 4.90 Å². The molecule has 106 valence electrons. The van der Waals surface area contributed by atoms with E-state index >= 15 is 0 Å². The second kappa shape index (κ2) is 4.75. The van der Waals surface area contributed by atoms with Crippen LogP contribution in [-0.2, 0) is 0 Å². The van der Waals surface area contributed by atoms with Crippen molar-refractivity contribution in [2.45, 2.75) is 57.5 Å². The lowest BCUT2D eigenvalue weighted by Gasteiger charge is -2.49. The lowest BCUT2D eigenvalue weighted by atomic mass is 9.60. The Morgan fingerprint density at radius 1 is 1.32 bits per heavy atom. The normalized spacial score (nSPS) is 41.3. The van der Waals surface area contributed by atoms with E-state index in [0.29, 0.717) is 11.8 Å². The van der Waals surface area contributed by atoms with E-state index in [1.165, 1.54) is 25.7 Å². The molecule has 1 aliphatic heterocycles. The molecule has 0 aromatic carbocycles. The molecule has 1 heterocycles. The molecule has 0 spiro atoms. The third-order valence-corrected chi connectivity index (χ3v) is 6.10. The second-order valence-corrected chi connectivity index (χ2v) is 7.04. The Morgan fingerprint density at radius 2 is 2.05 bits per heavy atom. The van der Waals surface area contributed by atoms with Crippen molar-refractivity contribution in [3.8, 4) is 6.07 Å². The molecular weight excluding hydrogens is 236 g/mol. The van der Waals surface area contributed by atoms with E-state index in [-0.39, 0.29) is 0 Å². The SMILES string of the molecule is CCCN1CCC(O)(C2(C#N)CC3CCC2C3)CC1. The quantitative estimate of drug-likeness (QED) is 0.850. The minimum Gasteiger partial charge on any atom is -0.388 e. The highest BCUT2D eigenvalue weighted by molar-refractivity contribution is 5.21. The minimum atomic E-state index is -0.716. The van der Waals surface area contributed by atoms with Gasteiger partial charge >= 0.3 is 0 Å². The summed E-state index contributed by atoms with van der Waals surface area (Å²) in [5.74, 6) is 1.17. The van der Waals surface area contributed by atoms with Crippen molar-refractivity contribution in [3.05, 3.63) is 0 Å². The largest absolute Gasteiger partial charge is 0.388 e. The topological polar surface area (TPSA) is 47.3 Å². The van der Waals surface area contributed by atoms with E-state index in [9.17, 15) is 10.4 Å². The molecule has 0 amide bonds. The average molecular weight is 262 g/mol. The summed E-state index contributed by atoms with van der Waals surface area (Å²) >= 11 is 0. The maximum Gasteiger partial charge on any atom is 0.0891 e. The summed E-state index contributed by atoms with van der Waals surface area (Å²) in [6.45, 7) is 5.26. The number of nitriles is 1. The summed E-state index contributed by atoms with van der Waals surface area (Å²) in [7, 11) is 0. The minimum absolute atomic E-state index is 0.422. The molecule has 0 aromatic rings. The third-order valence-electron chi connectivity index (χ3n) is 6.10. The second-order valence-electron chi connectivity index (χ2n) is 7.04. The van der Waals surface area contributed by atoms with Gasteiger partial charge in [0.2, 0.25) is 0 Å². The van der Waals surface area contributed by atoms with Crippen LogP contribution < -0.4 is 0 Å². The Bertz CT molecular complexity index is 381. The van der Waals surface area contributed by atoms with Gasteiger partial charge in [-0.3, -0.25) is 0 Å². The van der Waals surface area contributed by atoms with Gasteiger partial charge in [0.05, 0.1) is 17.1 Å². The first-order valence-corrected chi connectivity index (χ1v) is 7.99. The molecule has 0 aromatic heterocycles. The first kappa shape index (κ1) is 13.4. The first-order chi connectivity index (χ1) is 9.13. The summed E-state index contributed by atoms with van der Waals surface area (Å²) in [5.41, 5.74) is -1.14. The van der Waals surface area contributed by atoms with E-state index < -0.39 is 11.0 Å². The molecular formula is C16H26N2O. The molecule has 3 atom stereocenters. The van der Waals surface area contributed by atoms with Gasteiger partial charge in [0, 0.05) is 13.1 Å².